The van der Waals surface area contributed by atoms with E-state index in [4.69, 9.17) is 19.0 Å². The Morgan fingerprint density at radius 3 is 2.21 bits per heavy atom. The van der Waals surface area contributed by atoms with Crippen LogP contribution in [0.15, 0.2) is 84.0 Å². The molecule has 0 heterocycles. The summed E-state index contributed by atoms with van der Waals surface area (Å²) in [6, 6.07) is 24.4. The lowest BCUT2D eigenvalue weighted by Crippen LogP contribution is -2.13. The van der Waals surface area contributed by atoms with Crippen molar-refractivity contribution in [2.45, 2.75) is 26.1 Å². The van der Waals surface area contributed by atoms with E-state index in [0.29, 0.717) is 36.0 Å². The summed E-state index contributed by atoms with van der Waals surface area (Å²) in [6.07, 6.45) is -0.982. The summed E-state index contributed by atoms with van der Waals surface area (Å²) in [6.45, 7) is 2.69. The molecule has 0 amide bonds. The largest absolute Gasteiger partial charge is 0.489 e. The monoisotopic (exact) mass is 463 g/mol. The van der Waals surface area contributed by atoms with Crippen molar-refractivity contribution in [3.8, 4) is 11.5 Å². The summed E-state index contributed by atoms with van der Waals surface area (Å²) in [5.74, 6) is 0.948. The van der Waals surface area contributed by atoms with Crippen LogP contribution in [0.25, 0.3) is 0 Å². The van der Waals surface area contributed by atoms with Crippen molar-refractivity contribution in [1.82, 2.24) is 0 Å². The van der Waals surface area contributed by atoms with E-state index in [1.165, 1.54) is 7.11 Å². The molecule has 0 saturated carbocycles. The van der Waals surface area contributed by atoms with Crippen LogP contribution in [-0.2, 0) is 21.0 Å². The number of rotatable bonds is 12. The minimum absolute atomic E-state index is 0.0768. The molecule has 0 fully saturated rings. The lowest BCUT2D eigenvalue weighted by molar-refractivity contribution is -0.145. The average molecular weight is 464 g/mol. The van der Waals surface area contributed by atoms with E-state index in [0.717, 1.165) is 11.1 Å². The maximum Gasteiger partial charge on any atom is 0.308 e. The fourth-order valence-electron chi connectivity index (χ4n) is 3.19. The van der Waals surface area contributed by atoms with Gasteiger partial charge in [0.1, 0.15) is 37.5 Å². The smallest absolute Gasteiger partial charge is 0.308 e. The van der Waals surface area contributed by atoms with Gasteiger partial charge < -0.3 is 24.2 Å². The zero-order valence-electron chi connectivity index (χ0n) is 19.3. The Kier molecular flexibility index (Phi) is 9.49. The first-order chi connectivity index (χ1) is 16.6. The molecule has 0 saturated heterocycles. The van der Waals surface area contributed by atoms with Crippen LogP contribution >= 0.6 is 0 Å². The molecule has 1 unspecified atom stereocenters. The average Bonchev–Trinajstić information content (AvgIpc) is 2.87. The molecule has 3 rings (SSSR count). The molecule has 0 aliphatic carbocycles. The van der Waals surface area contributed by atoms with Crippen molar-refractivity contribution < 1.29 is 28.9 Å². The number of oxime groups is 1. The van der Waals surface area contributed by atoms with Gasteiger partial charge in [-0.1, -0.05) is 59.8 Å². The highest BCUT2D eigenvalue weighted by atomic mass is 16.6. The van der Waals surface area contributed by atoms with Gasteiger partial charge in [0, 0.05) is 5.56 Å². The van der Waals surface area contributed by atoms with Crippen LogP contribution in [0.3, 0.4) is 0 Å². The van der Waals surface area contributed by atoms with E-state index in [2.05, 4.69) is 5.16 Å². The third-order valence-electron chi connectivity index (χ3n) is 4.94. The molecule has 1 atom stereocenters. The van der Waals surface area contributed by atoms with E-state index in [1.807, 2.05) is 54.6 Å². The van der Waals surface area contributed by atoms with Crippen molar-refractivity contribution in [1.29, 1.82) is 0 Å². The first kappa shape index (κ1) is 24.8. The summed E-state index contributed by atoms with van der Waals surface area (Å²) >= 11 is 0. The van der Waals surface area contributed by atoms with Crippen LogP contribution in [0.2, 0.25) is 0 Å². The number of hydrogen-bond donors (Lipinski definition) is 1. The molecule has 0 aliphatic rings. The summed E-state index contributed by atoms with van der Waals surface area (Å²) in [7, 11) is 1.51. The SMILES string of the molecule is CCOC(=O)CC(O)c1ccc(OCc2ccc(OC/C(=N\OC)c3ccccc3)cc2)cc1. The summed E-state index contributed by atoms with van der Waals surface area (Å²) < 4.78 is 16.6. The number of nitrogens with zero attached hydrogens (tertiary/aromatic N) is 1. The maximum atomic E-state index is 11.5. The second kappa shape index (κ2) is 13.0. The van der Waals surface area contributed by atoms with Crippen molar-refractivity contribution in [2.75, 3.05) is 20.3 Å². The molecule has 0 bridgehead atoms. The zero-order valence-corrected chi connectivity index (χ0v) is 19.3. The van der Waals surface area contributed by atoms with Gasteiger partial charge in [-0.3, -0.25) is 4.79 Å². The van der Waals surface area contributed by atoms with Crippen LogP contribution in [0.1, 0.15) is 36.1 Å². The van der Waals surface area contributed by atoms with Crippen molar-refractivity contribution in [3.63, 3.8) is 0 Å². The van der Waals surface area contributed by atoms with Crippen LogP contribution in [0, 0.1) is 0 Å². The predicted molar refractivity (Wildman–Crippen MR) is 129 cm³/mol. The highest BCUT2D eigenvalue weighted by Crippen LogP contribution is 2.22. The molecule has 1 N–H and O–H groups in total. The van der Waals surface area contributed by atoms with Gasteiger partial charge in [-0.05, 0) is 42.3 Å². The molecule has 3 aromatic carbocycles. The summed E-state index contributed by atoms with van der Waals surface area (Å²) in [5.41, 5.74) is 3.25. The minimum Gasteiger partial charge on any atom is -0.489 e. The Bertz CT molecular complexity index is 1050. The molecule has 3 aromatic rings. The van der Waals surface area contributed by atoms with Gasteiger partial charge in [0.25, 0.3) is 0 Å². The lowest BCUT2D eigenvalue weighted by Gasteiger charge is -2.12. The molecule has 0 aromatic heterocycles. The molecule has 0 spiro atoms. The highest BCUT2D eigenvalue weighted by molar-refractivity contribution is 6.01. The summed E-state index contributed by atoms with van der Waals surface area (Å²) in [4.78, 5) is 16.5. The second-order valence-corrected chi connectivity index (χ2v) is 7.40. The Morgan fingerprint density at radius 2 is 1.56 bits per heavy atom. The van der Waals surface area contributed by atoms with E-state index in [1.54, 1.807) is 31.2 Å². The Labute approximate surface area is 199 Å². The molecule has 178 valence electrons. The van der Waals surface area contributed by atoms with E-state index < -0.39 is 12.1 Å². The van der Waals surface area contributed by atoms with Crippen LogP contribution in [0.4, 0.5) is 0 Å². The van der Waals surface area contributed by atoms with E-state index in [-0.39, 0.29) is 13.0 Å². The zero-order chi connectivity index (χ0) is 24.2. The molecular weight excluding hydrogens is 434 g/mol. The van der Waals surface area contributed by atoms with Crippen LogP contribution < -0.4 is 9.47 Å². The first-order valence-electron chi connectivity index (χ1n) is 11.0. The number of aliphatic hydroxyl groups excluding tert-OH is 1. The normalized spacial score (nSPS) is 12.0. The van der Waals surface area contributed by atoms with Gasteiger partial charge in [0.2, 0.25) is 0 Å². The topological polar surface area (TPSA) is 86.6 Å². The third-order valence-corrected chi connectivity index (χ3v) is 4.94. The second-order valence-electron chi connectivity index (χ2n) is 7.40. The number of carbonyl (C=O) groups is 1. The van der Waals surface area contributed by atoms with Gasteiger partial charge >= 0.3 is 5.97 Å². The Hall–Kier alpha value is -3.84. The fraction of sp³-hybridized carbons (Fsp3) is 0.259. The Morgan fingerprint density at radius 1 is 0.912 bits per heavy atom. The molecule has 0 radical (unpaired) electrons. The quantitative estimate of drug-likeness (QED) is 0.238. The Balaban J connectivity index is 1.49. The third kappa shape index (κ3) is 7.64. The number of esters is 1. The lowest BCUT2D eigenvalue weighted by atomic mass is 10.1. The van der Waals surface area contributed by atoms with Crippen molar-refractivity contribution >= 4 is 11.7 Å². The standard InChI is InChI=1S/C27H29NO6/c1-3-32-27(30)17-26(29)22-11-15-24(16-12-22)33-18-20-9-13-23(14-10-20)34-19-25(28-31-2)21-7-5-4-6-8-21/h4-16,26,29H,3,17-19H2,1-2H3/b28-25+. The minimum atomic E-state index is -0.906. The fourth-order valence-corrected chi connectivity index (χ4v) is 3.19. The predicted octanol–water partition coefficient (Wildman–Crippen LogP) is 4.68. The first-order valence-corrected chi connectivity index (χ1v) is 11.0. The molecular formula is C27H29NO6. The van der Waals surface area contributed by atoms with Gasteiger partial charge in [-0.25, -0.2) is 0 Å². The van der Waals surface area contributed by atoms with E-state index >= 15 is 0 Å². The summed E-state index contributed by atoms with van der Waals surface area (Å²) in [5, 5.41) is 14.2. The van der Waals surface area contributed by atoms with E-state index in [9.17, 15) is 9.90 Å². The van der Waals surface area contributed by atoms with Crippen LogP contribution in [-0.4, -0.2) is 37.1 Å². The number of aliphatic hydroxyl groups is 1. The van der Waals surface area contributed by atoms with Crippen molar-refractivity contribution in [3.05, 3.63) is 95.6 Å². The number of hydrogen-bond acceptors (Lipinski definition) is 7. The molecule has 7 nitrogen and oxygen atoms in total. The molecule has 34 heavy (non-hydrogen) atoms. The van der Waals surface area contributed by atoms with Crippen LogP contribution in [0.5, 0.6) is 11.5 Å². The van der Waals surface area contributed by atoms with Gasteiger partial charge in [0.05, 0.1) is 19.1 Å². The highest BCUT2D eigenvalue weighted by Gasteiger charge is 2.14. The van der Waals surface area contributed by atoms with Crippen molar-refractivity contribution in [2.24, 2.45) is 5.16 Å². The van der Waals surface area contributed by atoms with Gasteiger partial charge in [-0.15, -0.1) is 0 Å². The number of benzene rings is 3. The number of carbonyl (C=O) groups excluding carboxylic acids is 1. The van der Waals surface area contributed by atoms with Gasteiger partial charge in [0.15, 0.2) is 0 Å². The van der Waals surface area contributed by atoms with Gasteiger partial charge in [-0.2, -0.15) is 0 Å². The molecule has 0 aliphatic heterocycles. The maximum absolute atomic E-state index is 11.5. The molecule has 7 heteroatoms. The number of ether oxygens (including phenoxy) is 3.